The van der Waals surface area contributed by atoms with Gasteiger partial charge in [0.1, 0.15) is 0 Å². The van der Waals surface area contributed by atoms with Crippen molar-refractivity contribution in [3.63, 3.8) is 0 Å². The molecule has 3 nitrogen and oxygen atoms in total. The van der Waals surface area contributed by atoms with Crippen LogP contribution in [0.1, 0.15) is 20.8 Å². The molecule has 13 heavy (non-hydrogen) atoms. The van der Waals surface area contributed by atoms with Gasteiger partial charge >= 0.3 is 0 Å². The summed E-state index contributed by atoms with van der Waals surface area (Å²) >= 11 is 0. The number of nitrogens with zero attached hydrogens (tertiary/aromatic N) is 1. The minimum absolute atomic E-state index is 0.115. The normalized spacial score (nSPS) is 15.0. The second kappa shape index (κ2) is 5.58. The van der Waals surface area contributed by atoms with Crippen LogP contribution in [0.3, 0.4) is 0 Å². The summed E-state index contributed by atoms with van der Waals surface area (Å²) in [5.74, 6) is 0. The fraction of sp³-hybridized carbons (Fsp3) is 1.00. The Morgan fingerprint density at radius 1 is 1.38 bits per heavy atom. The molecule has 1 unspecified atom stereocenters. The maximum atomic E-state index is 5.43. The molecule has 0 bridgehead atoms. The number of hydrogen-bond acceptors (Lipinski definition) is 3. The zero-order valence-electron chi connectivity index (χ0n) is 9.85. The molecule has 0 saturated carbocycles. The topological polar surface area (TPSA) is 24.5 Å². The molecular formula is C10H24N2O. The summed E-state index contributed by atoms with van der Waals surface area (Å²) in [4.78, 5) is 2.22. The summed E-state index contributed by atoms with van der Waals surface area (Å²) in [6.45, 7) is 8.00. The third-order valence-electron chi connectivity index (χ3n) is 2.84. The van der Waals surface area contributed by atoms with Crippen molar-refractivity contribution >= 4 is 0 Å². The van der Waals surface area contributed by atoms with Crippen molar-refractivity contribution in [1.29, 1.82) is 0 Å². The van der Waals surface area contributed by atoms with E-state index in [1.165, 1.54) is 0 Å². The molecule has 0 aromatic heterocycles. The lowest BCUT2D eigenvalue weighted by Gasteiger charge is -2.39. The first-order chi connectivity index (χ1) is 5.96. The van der Waals surface area contributed by atoms with E-state index in [0.717, 1.165) is 13.2 Å². The molecule has 0 aromatic carbocycles. The van der Waals surface area contributed by atoms with E-state index in [9.17, 15) is 0 Å². The van der Waals surface area contributed by atoms with Gasteiger partial charge in [0.25, 0.3) is 0 Å². The summed E-state index contributed by atoms with van der Waals surface area (Å²) in [7, 11) is 6.17. The second-order valence-corrected chi connectivity index (χ2v) is 4.05. The fourth-order valence-electron chi connectivity index (χ4n) is 1.19. The van der Waals surface area contributed by atoms with Crippen molar-refractivity contribution in [3.8, 4) is 0 Å². The molecule has 0 aliphatic carbocycles. The van der Waals surface area contributed by atoms with Gasteiger partial charge in [0.2, 0.25) is 0 Å². The minimum Gasteiger partial charge on any atom is -0.380 e. The molecule has 1 atom stereocenters. The number of ether oxygens (including phenoxy) is 1. The largest absolute Gasteiger partial charge is 0.380 e. The zero-order chi connectivity index (χ0) is 10.5. The van der Waals surface area contributed by atoms with Gasteiger partial charge in [-0.25, -0.2) is 0 Å². The highest BCUT2D eigenvalue weighted by molar-refractivity contribution is 4.90. The standard InChI is InChI=1S/C10H24N2O/c1-7-13-8-9(11-4)10(2,3)12(5)6/h9,11H,7-8H2,1-6H3. The highest BCUT2D eigenvalue weighted by Crippen LogP contribution is 2.15. The van der Waals surface area contributed by atoms with Crippen LogP contribution in [0.15, 0.2) is 0 Å². The quantitative estimate of drug-likeness (QED) is 0.671. The van der Waals surface area contributed by atoms with Crippen LogP contribution in [0.5, 0.6) is 0 Å². The highest BCUT2D eigenvalue weighted by atomic mass is 16.5. The number of hydrogen-bond donors (Lipinski definition) is 1. The van der Waals surface area contributed by atoms with Crippen molar-refractivity contribution in [3.05, 3.63) is 0 Å². The van der Waals surface area contributed by atoms with Crippen molar-refractivity contribution < 1.29 is 4.74 Å². The summed E-state index contributed by atoms with van der Waals surface area (Å²) in [5.41, 5.74) is 0.115. The molecule has 0 aliphatic heterocycles. The molecule has 0 spiro atoms. The average Bonchev–Trinajstić information content (AvgIpc) is 2.05. The summed E-state index contributed by atoms with van der Waals surface area (Å²) < 4.78 is 5.43. The molecule has 80 valence electrons. The van der Waals surface area contributed by atoms with Crippen molar-refractivity contribution in [2.45, 2.75) is 32.4 Å². The SMILES string of the molecule is CCOCC(NC)C(C)(C)N(C)C. The third-order valence-corrected chi connectivity index (χ3v) is 2.84. The Kier molecular flexibility index (Phi) is 5.53. The lowest BCUT2D eigenvalue weighted by Crippen LogP contribution is -2.56. The summed E-state index contributed by atoms with van der Waals surface area (Å²) in [6, 6.07) is 0.363. The number of nitrogens with one attached hydrogen (secondary N) is 1. The van der Waals surface area contributed by atoms with Crippen molar-refractivity contribution in [1.82, 2.24) is 10.2 Å². The van der Waals surface area contributed by atoms with E-state index in [1.54, 1.807) is 0 Å². The van der Waals surface area contributed by atoms with Gasteiger partial charge in [0.05, 0.1) is 6.61 Å². The first-order valence-corrected chi connectivity index (χ1v) is 4.89. The Morgan fingerprint density at radius 2 is 1.92 bits per heavy atom. The number of likely N-dealkylation sites (N-methyl/N-ethyl adjacent to an activating group) is 2. The second-order valence-electron chi connectivity index (χ2n) is 4.05. The lowest BCUT2D eigenvalue weighted by atomic mass is 9.94. The molecule has 0 aromatic rings. The van der Waals surface area contributed by atoms with Gasteiger partial charge in [-0.2, -0.15) is 0 Å². The molecule has 0 rings (SSSR count). The Balaban J connectivity index is 4.19. The van der Waals surface area contributed by atoms with Crippen LogP contribution < -0.4 is 5.32 Å². The van der Waals surface area contributed by atoms with Crippen LogP contribution in [-0.4, -0.2) is 50.8 Å². The summed E-state index contributed by atoms with van der Waals surface area (Å²) in [6.07, 6.45) is 0. The van der Waals surface area contributed by atoms with E-state index in [-0.39, 0.29) is 5.54 Å². The first kappa shape index (κ1) is 12.9. The molecule has 0 heterocycles. The number of rotatable bonds is 6. The van der Waals surface area contributed by atoms with E-state index in [1.807, 2.05) is 14.0 Å². The van der Waals surface area contributed by atoms with E-state index >= 15 is 0 Å². The van der Waals surface area contributed by atoms with Gasteiger partial charge in [0.15, 0.2) is 0 Å². The van der Waals surface area contributed by atoms with Crippen LogP contribution in [0.4, 0.5) is 0 Å². The predicted octanol–water partition coefficient (Wildman–Crippen LogP) is 0.951. The lowest BCUT2D eigenvalue weighted by molar-refractivity contribution is 0.0566. The van der Waals surface area contributed by atoms with Crippen molar-refractivity contribution in [2.75, 3.05) is 34.4 Å². The third kappa shape index (κ3) is 3.63. The monoisotopic (exact) mass is 188 g/mol. The molecular weight excluding hydrogens is 164 g/mol. The van der Waals surface area contributed by atoms with Gasteiger partial charge in [0, 0.05) is 18.2 Å². The van der Waals surface area contributed by atoms with Gasteiger partial charge < -0.3 is 15.0 Å². The highest BCUT2D eigenvalue weighted by Gasteiger charge is 2.30. The first-order valence-electron chi connectivity index (χ1n) is 4.89. The minimum atomic E-state index is 0.115. The van der Waals surface area contributed by atoms with E-state index in [4.69, 9.17) is 4.74 Å². The summed E-state index contributed by atoms with van der Waals surface area (Å²) in [5, 5.41) is 3.29. The average molecular weight is 188 g/mol. The molecule has 3 heteroatoms. The van der Waals surface area contributed by atoms with E-state index in [2.05, 4.69) is 38.2 Å². The molecule has 1 N–H and O–H groups in total. The molecule has 0 radical (unpaired) electrons. The van der Waals surface area contributed by atoms with Crippen LogP contribution >= 0.6 is 0 Å². The van der Waals surface area contributed by atoms with Crippen LogP contribution in [0.2, 0.25) is 0 Å². The van der Waals surface area contributed by atoms with Gasteiger partial charge in [-0.05, 0) is 41.9 Å². The van der Waals surface area contributed by atoms with Crippen LogP contribution in [0, 0.1) is 0 Å². The molecule has 0 aliphatic rings. The smallest absolute Gasteiger partial charge is 0.0637 e. The zero-order valence-corrected chi connectivity index (χ0v) is 9.85. The maximum Gasteiger partial charge on any atom is 0.0637 e. The van der Waals surface area contributed by atoms with Gasteiger partial charge in [-0.1, -0.05) is 0 Å². The van der Waals surface area contributed by atoms with E-state index < -0.39 is 0 Å². The maximum absolute atomic E-state index is 5.43. The predicted molar refractivity (Wildman–Crippen MR) is 57.1 cm³/mol. The Labute approximate surface area is 82.4 Å². The molecule has 0 amide bonds. The van der Waals surface area contributed by atoms with E-state index in [0.29, 0.717) is 6.04 Å². The Bertz CT molecular complexity index is 135. The van der Waals surface area contributed by atoms with Crippen molar-refractivity contribution in [2.24, 2.45) is 0 Å². The fourth-order valence-corrected chi connectivity index (χ4v) is 1.19. The Hall–Kier alpha value is -0.120. The van der Waals surface area contributed by atoms with Gasteiger partial charge in [-0.15, -0.1) is 0 Å². The van der Waals surface area contributed by atoms with Gasteiger partial charge in [-0.3, -0.25) is 0 Å². The van der Waals surface area contributed by atoms with Crippen LogP contribution in [-0.2, 0) is 4.74 Å². The molecule has 0 fully saturated rings. The Morgan fingerprint density at radius 3 is 2.23 bits per heavy atom. The molecule has 0 saturated heterocycles. The van der Waals surface area contributed by atoms with Crippen LogP contribution in [0.25, 0.3) is 0 Å².